The highest BCUT2D eigenvalue weighted by molar-refractivity contribution is 7.86. The minimum atomic E-state index is -3.71. The lowest BCUT2D eigenvalue weighted by molar-refractivity contribution is -0.120. The van der Waals surface area contributed by atoms with E-state index in [1.165, 1.54) is 19.2 Å². The molecule has 0 unspecified atom stereocenters. The Balaban J connectivity index is 2.02. The zero-order valence-electron chi connectivity index (χ0n) is 13.1. The van der Waals surface area contributed by atoms with Crippen molar-refractivity contribution in [2.24, 2.45) is 11.1 Å². The molecule has 10 heteroatoms. The summed E-state index contributed by atoms with van der Waals surface area (Å²) in [5.74, 6) is -0.895. The summed E-state index contributed by atoms with van der Waals surface area (Å²) in [5, 5.41) is 10.6. The molecule has 1 fully saturated rings. The van der Waals surface area contributed by atoms with Gasteiger partial charge in [-0.1, -0.05) is 11.6 Å². The fourth-order valence-electron chi connectivity index (χ4n) is 2.53. The molecule has 8 nitrogen and oxygen atoms in total. The highest BCUT2D eigenvalue weighted by Gasteiger charge is 2.29. The van der Waals surface area contributed by atoms with Gasteiger partial charge in [-0.2, -0.15) is 12.7 Å². The maximum atomic E-state index is 12.3. The van der Waals surface area contributed by atoms with E-state index in [2.05, 4.69) is 10.6 Å². The summed E-state index contributed by atoms with van der Waals surface area (Å²) in [6.07, 6.45) is 0.774. The van der Waals surface area contributed by atoms with Crippen LogP contribution in [-0.4, -0.2) is 44.7 Å². The molecule has 0 spiro atoms. The van der Waals surface area contributed by atoms with Crippen LogP contribution in [-0.2, 0) is 15.0 Å². The van der Waals surface area contributed by atoms with Crippen LogP contribution in [0.1, 0.15) is 23.2 Å². The number of hydrogen-bond donors (Lipinski definition) is 3. The number of hydrogen-bond acceptors (Lipinski definition) is 4. The van der Waals surface area contributed by atoms with Crippen LogP contribution in [0.2, 0.25) is 5.02 Å². The number of anilines is 1. The molecule has 0 atom stereocenters. The Labute approximate surface area is 145 Å². The first-order chi connectivity index (χ1) is 11.2. The molecular weight excluding hydrogens is 356 g/mol. The molecule has 4 N–H and O–H groups in total. The number of carbonyl (C=O) groups is 2. The first kappa shape index (κ1) is 18.7. The van der Waals surface area contributed by atoms with Gasteiger partial charge in [0, 0.05) is 31.7 Å². The molecule has 1 saturated heterocycles. The molecule has 0 saturated carbocycles. The van der Waals surface area contributed by atoms with Crippen LogP contribution in [0.4, 0.5) is 5.69 Å². The Bertz CT molecular complexity index is 745. The van der Waals surface area contributed by atoms with Gasteiger partial charge in [0.1, 0.15) is 0 Å². The van der Waals surface area contributed by atoms with Crippen molar-refractivity contribution in [2.75, 3.05) is 25.5 Å². The summed E-state index contributed by atoms with van der Waals surface area (Å²) in [6, 6.07) is 4.63. The molecule has 1 aromatic rings. The van der Waals surface area contributed by atoms with Gasteiger partial charge in [-0.3, -0.25) is 9.59 Å². The molecule has 24 heavy (non-hydrogen) atoms. The number of nitrogens with two attached hydrogens (primary N) is 1. The average Bonchev–Trinajstić information content (AvgIpc) is 2.55. The Kier molecular flexibility index (Phi) is 5.81. The Morgan fingerprint density at radius 3 is 2.46 bits per heavy atom. The fraction of sp³-hybridized carbons (Fsp3) is 0.429. The van der Waals surface area contributed by atoms with Crippen molar-refractivity contribution in [3.63, 3.8) is 0 Å². The van der Waals surface area contributed by atoms with Crippen molar-refractivity contribution in [1.29, 1.82) is 0 Å². The van der Waals surface area contributed by atoms with Crippen molar-refractivity contribution in [1.82, 2.24) is 9.62 Å². The number of nitrogens with one attached hydrogen (secondary N) is 2. The number of halogens is 1. The standard InChI is InChI=1S/C14H19ClN4O4S/c1-17-14(21)11-8-10(2-3-12(11)15)18-13(20)9-4-6-19(7-5-9)24(16,22)23/h2-3,8-9H,4-7H2,1H3,(H,17,21)(H,18,20)(H2,16,22,23). The predicted octanol–water partition coefficient (Wildman–Crippen LogP) is 0.554. The largest absolute Gasteiger partial charge is 0.355 e. The minimum Gasteiger partial charge on any atom is -0.355 e. The number of rotatable bonds is 4. The van der Waals surface area contributed by atoms with Crippen molar-refractivity contribution >= 4 is 39.3 Å². The minimum absolute atomic E-state index is 0.209. The second-order valence-corrected chi connectivity index (χ2v) is 7.43. The SMILES string of the molecule is CNC(=O)c1cc(NC(=O)C2CCN(S(N)(=O)=O)CC2)ccc1Cl. The van der Waals surface area contributed by atoms with Gasteiger partial charge in [0.15, 0.2) is 0 Å². The van der Waals surface area contributed by atoms with Crippen molar-refractivity contribution in [2.45, 2.75) is 12.8 Å². The third kappa shape index (κ3) is 4.44. The molecule has 0 aliphatic carbocycles. The molecule has 1 aliphatic rings. The second-order valence-electron chi connectivity index (χ2n) is 5.48. The number of amides is 2. The first-order valence-corrected chi connectivity index (χ1v) is 9.21. The maximum Gasteiger partial charge on any atom is 0.276 e. The second kappa shape index (κ2) is 7.47. The number of benzene rings is 1. The van der Waals surface area contributed by atoms with Gasteiger partial charge in [0.05, 0.1) is 10.6 Å². The van der Waals surface area contributed by atoms with Gasteiger partial charge in [-0.25, -0.2) is 5.14 Å². The molecule has 1 aliphatic heterocycles. The quantitative estimate of drug-likeness (QED) is 0.712. The van der Waals surface area contributed by atoms with Crippen LogP contribution >= 0.6 is 11.6 Å². The fourth-order valence-corrected chi connectivity index (χ4v) is 3.45. The molecule has 1 heterocycles. The highest BCUT2D eigenvalue weighted by atomic mass is 35.5. The molecule has 132 valence electrons. The van der Waals surface area contributed by atoms with Gasteiger partial charge in [0.25, 0.3) is 16.1 Å². The molecule has 2 amide bonds. The van der Waals surface area contributed by atoms with Crippen LogP contribution in [0.5, 0.6) is 0 Å². The summed E-state index contributed by atoms with van der Waals surface area (Å²) in [4.78, 5) is 24.0. The summed E-state index contributed by atoms with van der Waals surface area (Å²) >= 11 is 5.97. The molecule has 0 radical (unpaired) electrons. The van der Waals surface area contributed by atoms with Crippen molar-refractivity contribution in [3.8, 4) is 0 Å². The summed E-state index contributed by atoms with van der Waals surface area (Å²) in [6.45, 7) is 0.419. The molecule has 0 bridgehead atoms. The van der Waals surface area contributed by atoms with E-state index < -0.39 is 10.2 Å². The van der Waals surface area contributed by atoms with Crippen LogP contribution < -0.4 is 15.8 Å². The third-order valence-corrected chi connectivity index (χ3v) is 5.30. The van der Waals surface area contributed by atoms with E-state index in [-0.39, 0.29) is 41.4 Å². The zero-order valence-corrected chi connectivity index (χ0v) is 14.7. The van der Waals surface area contributed by atoms with E-state index in [0.717, 1.165) is 4.31 Å². The summed E-state index contributed by atoms with van der Waals surface area (Å²) in [5.41, 5.74) is 0.720. The average molecular weight is 375 g/mol. The number of nitrogens with zero attached hydrogens (tertiary/aromatic N) is 1. The summed E-state index contributed by atoms with van der Waals surface area (Å²) < 4.78 is 23.7. The van der Waals surface area contributed by atoms with E-state index in [1.807, 2.05) is 0 Å². The Morgan fingerprint density at radius 2 is 1.92 bits per heavy atom. The molecule has 0 aromatic heterocycles. The highest BCUT2D eigenvalue weighted by Crippen LogP contribution is 2.23. The van der Waals surface area contributed by atoms with Gasteiger partial charge < -0.3 is 10.6 Å². The lowest BCUT2D eigenvalue weighted by Gasteiger charge is -2.29. The molecule has 2 rings (SSSR count). The van der Waals surface area contributed by atoms with Gasteiger partial charge in [-0.15, -0.1) is 0 Å². The third-order valence-electron chi connectivity index (χ3n) is 3.89. The maximum absolute atomic E-state index is 12.3. The topological polar surface area (TPSA) is 122 Å². The van der Waals surface area contributed by atoms with E-state index >= 15 is 0 Å². The van der Waals surface area contributed by atoms with Crippen LogP contribution in [0.3, 0.4) is 0 Å². The van der Waals surface area contributed by atoms with Gasteiger partial charge >= 0.3 is 0 Å². The van der Waals surface area contributed by atoms with E-state index in [1.54, 1.807) is 6.07 Å². The van der Waals surface area contributed by atoms with Crippen molar-refractivity contribution < 1.29 is 18.0 Å². The first-order valence-electron chi connectivity index (χ1n) is 7.32. The zero-order chi connectivity index (χ0) is 17.9. The Hall–Kier alpha value is -1.68. The normalized spacial score (nSPS) is 16.6. The van der Waals surface area contributed by atoms with Crippen LogP contribution in [0, 0.1) is 5.92 Å². The smallest absolute Gasteiger partial charge is 0.276 e. The lowest BCUT2D eigenvalue weighted by Crippen LogP contribution is -2.44. The Morgan fingerprint density at radius 1 is 1.29 bits per heavy atom. The lowest BCUT2D eigenvalue weighted by atomic mass is 9.97. The van der Waals surface area contributed by atoms with Gasteiger partial charge in [0.2, 0.25) is 5.91 Å². The van der Waals surface area contributed by atoms with Gasteiger partial charge in [-0.05, 0) is 31.0 Å². The molecular formula is C14H19ClN4O4S. The monoisotopic (exact) mass is 374 g/mol. The predicted molar refractivity (Wildman–Crippen MR) is 90.9 cm³/mol. The van der Waals surface area contributed by atoms with Crippen LogP contribution in [0.15, 0.2) is 18.2 Å². The van der Waals surface area contributed by atoms with E-state index in [4.69, 9.17) is 16.7 Å². The van der Waals surface area contributed by atoms with E-state index in [0.29, 0.717) is 18.5 Å². The molecule has 1 aromatic carbocycles. The number of carbonyl (C=O) groups excluding carboxylic acids is 2. The summed E-state index contributed by atoms with van der Waals surface area (Å²) in [7, 11) is -2.22. The number of piperidine rings is 1. The van der Waals surface area contributed by atoms with Crippen molar-refractivity contribution in [3.05, 3.63) is 28.8 Å². The van der Waals surface area contributed by atoms with Crippen LogP contribution in [0.25, 0.3) is 0 Å². The van der Waals surface area contributed by atoms with E-state index in [9.17, 15) is 18.0 Å².